The fraction of sp³-hybridized carbons (Fsp3) is 0. The standard InChI is InChI=1S/Ca.N2O/c;1-2-3. The van der Waals surface area contributed by atoms with Gasteiger partial charge in [-0.05, 0) is 0 Å². The number of hydrogen-bond donors (Lipinski definition) is 0. The Kier molecular flexibility index (Phi) is 21.1. The van der Waals surface area contributed by atoms with Crippen molar-refractivity contribution in [3.8, 4) is 0 Å². The second-order valence-corrected chi connectivity index (χ2v) is 0.0816. The van der Waals surface area contributed by atoms with Gasteiger partial charge in [-0.2, -0.15) is 0 Å². The third-order valence-corrected chi connectivity index (χ3v) is 0. The molecule has 0 aromatic rings. The fourth-order valence-electron chi connectivity index (χ4n) is 0. The van der Waals surface area contributed by atoms with E-state index in [-0.39, 0.29) is 37.7 Å². The van der Waals surface area contributed by atoms with Crippen molar-refractivity contribution in [3.63, 3.8) is 0 Å². The van der Waals surface area contributed by atoms with Crippen molar-refractivity contribution >= 4 is 37.7 Å². The van der Waals surface area contributed by atoms with E-state index >= 15 is 0 Å². The average molecular weight is 84.1 g/mol. The van der Waals surface area contributed by atoms with Gasteiger partial charge in [0.1, 0.15) is 4.97 Å². The van der Waals surface area contributed by atoms with Gasteiger partial charge in [0.2, 0.25) is 0 Å². The maximum atomic E-state index is 8.11. The summed E-state index contributed by atoms with van der Waals surface area (Å²) >= 11 is 0. The molecule has 4 heteroatoms. The molecule has 0 amide bonds. The van der Waals surface area contributed by atoms with Crippen LogP contribution in [0.2, 0.25) is 0 Å². The Bertz CT molecular complexity index is 27.0. The molecule has 0 saturated heterocycles. The smallest absolute Gasteiger partial charge is 0.151 e. The zero-order valence-corrected chi connectivity index (χ0v) is 4.22. The monoisotopic (exact) mass is 84.0 g/mol. The predicted octanol–water partition coefficient (Wildman–Crippen LogP) is -0.539. The van der Waals surface area contributed by atoms with Crippen LogP contribution in [0.3, 0.4) is 0 Å². The number of nitrogens with zero attached hydrogens (tertiary/aromatic N) is 2. The molecule has 0 atom stereocenters. The van der Waals surface area contributed by atoms with Crippen LogP contribution in [0, 0.1) is 4.91 Å². The summed E-state index contributed by atoms with van der Waals surface area (Å²) in [6, 6.07) is 0. The molecule has 0 fully saturated rings. The van der Waals surface area contributed by atoms with Crippen molar-refractivity contribution in [3.05, 3.63) is 10.4 Å². The summed E-state index contributed by atoms with van der Waals surface area (Å²) in [5, 5.41) is 0. The zero-order chi connectivity index (χ0) is 2.71. The molecular weight excluding hydrogens is 84.1 g/mol. The van der Waals surface area contributed by atoms with Crippen LogP contribution in [-0.4, -0.2) is 37.7 Å². The predicted molar refractivity (Wildman–Crippen MR) is 14.6 cm³/mol. The topological polar surface area (TPSA) is 53.5 Å². The molecule has 0 aromatic heterocycles. The summed E-state index contributed by atoms with van der Waals surface area (Å²) < 4.78 is 0. The summed E-state index contributed by atoms with van der Waals surface area (Å²) in [5.74, 6) is 0. The first-order chi connectivity index (χ1) is 1.41. The van der Waals surface area contributed by atoms with E-state index in [9.17, 15) is 0 Å². The van der Waals surface area contributed by atoms with Crippen LogP contribution in [0.15, 0.2) is 0 Å². The number of hydrogen-bond acceptors (Lipinski definition) is 1. The van der Waals surface area contributed by atoms with Crippen LogP contribution in [0.4, 0.5) is 0 Å². The molecular formula is CaN2O. The Morgan fingerprint density at radius 3 is 1.75 bits per heavy atom. The molecule has 0 unspecified atom stereocenters. The summed E-state index contributed by atoms with van der Waals surface area (Å²) in [5.41, 5.74) is 6.64. The van der Waals surface area contributed by atoms with Gasteiger partial charge in [0.15, 0.2) is 4.91 Å². The molecule has 0 heterocycles. The van der Waals surface area contributed by atoms with Gasteiger partial charge in [-0.25, -0.2) is 0 Å². The Labute approximate surface area is 52.9 Å². The van der Waals surface area contributed by atoms with Gasteiger partial charge in [-0.3, -0.25) is 5.53 Å². The van der Waals surface area contributed by atoms with Gasteiger partial charge in [-0.1, -0.05) is 0 Å². The molecule has 18 valence electrons. The van der Waals surface area contributed by atoms with Crippen molar-refractivity contribution in [2.45, 2.75) is 0 Å². The maximum absolute atomic E-state index is 8.11. The molecule has 4 heavy (non-hydrogen) atoms. The SMILES string of the molecule is [Ca].[N-]=[N+]=O. The zero-order valence-electron chi connectivity index (χ0n) is 2.01. The van der Waals surface area contributed by atoms with E-state index in [4.69, 9.17) is 10.4 Å². The van der Waals surface area contributed by atoms with Crippen LogP contribution < -0.4 is 4.97 Å². The van der Waals surface area contributed by atoms with E-state index in [1.165, 1.54) is 4.97 Å². The van der Waals surface area contributed by atoms with E-state index in [1.807, 2.05) is 0 Å². The van der Waals surface area contributed by atoms with Crippen LogP contribution in [0.25, 0.3) is 5.53 Å². The summed E-state index contributed by atoms with van der Waals surface area (Å²) in [7, 11) is 0. The van der Waals surface area contributed by atoms with Crippen LogP contribution in [0.5, 0.6) is 0 Å². The van der Waals surface area contributed by atoms with Crippen LogP contribution in [-0.2, 0) is 0 Å². The van der Waals surface area contributed by atoms with Crippen molar-refractivity contribution in [2.24, 2.45) is 0 Å². The van der Waals surface area contributed by atoms with Gasteiger partial charge in [0, 0.05) is 37.7 Å². The third kappa shape index (κ3) is 19.5. The summed E-state index contributed by atoms with van der Waals surface area (Å²) in [6.07, 6.45) is 0. The molecule has 0 rings (SSSR count). The molecule has 0 aliphatic rings. The third-order valence-electron chi connectivity index (χ3n) is 0. The molecule has 0 bridgehead atoms. The van der Waals surface area contributed by atoms with Gasteiger partial charge in [0.05, 0.1) is 0 Å². The van der Waals surface area contributed by atoms with Gasteiger partial charge in [0.25, 0.3) is 0 Å². The van der Waals surface area contributed by atoms with E-state index in [0.717, 1.165) is 0 Å². The van der Waals surface area contributed by atoms with Crippen LogP contribution >= 0.6 is 0 Å². The minimum Gasteiger partial charge on any atom is -0.294 e. The van der Waals surface area contributed by atoms with Crippen LogP contribution in [0.1, 0.15) is 0 Å². The Hall–Kier alpha value is 0.570. The van der Waals surface area contributed by atoms with Gasteiger partial charge < -0.3 is 0 Å². The first kappa shape index (κ1) is 8.82. The van der Waals surface area contributed by atoms with Gasteiger partial charge in [-0.15, -0.1) is 0 Å². The van der Waals surface area contributed by atoms with Crippen molar-refractivity contribution in [2.75, 3.05) is 0 Å². The minimum absolute atomic E-state index is 0. The van der Waals surface area contributed by atoms with E-state index < -0.39 is 0 Å². The number of rotatable bonds is 0. The average Bonchev–Trinajstić information content (AvgIpc) is 0.918. The summed E-state index contributed by atoms with van der Waals surface area (Å²) in [4.78, 5) is 9.36. The quantitative estimate of drug-likeness (QED) is 0.221. The second-order valence-electron chi connectivity index (χ2n) is 0.0816. The Morgan fingerprint density at radius 2 is 1.75 bits per heavy atom. The molecule has 3 nitrogen and oxygen atoms in total. The molecule has 0 aliphatic carbocycles. The fourth-order valence-corrected chi connectivity index (χ4v) is 0. The number of nitroso groups, excluding NO2 is 1. The van der Waals surface area contributed by atoms with Gasteiger partial charge >= 0.3 is 0 Å². The van der Waals surface area contributed by atoms with E-state index in [0.29, 0.717) is 0 Å². The van der Waals surface area contributed by atoms with Crippen molar-refractivity contribution < 1.29 is 0 Å². The first-order valence-corrected chi connectivity index (χ1v) is 0.383. The molecule has 0 N–H and O–H groups in total. The molecule has 0 saturated carbocycles. The Balaban J connectivity index is 0. The molecule has 0 spiro atoms. The van der Waals surface area contributed by atoms with Crippen molar-refractivity contribution in [1.82, 2.24) is 4.97 Å². The van der Waals surface area contributed by atoms with E-state index in [1.54, 1.807) is 0 Å². The normalized spacial score (nSPS) is 2.00. The first-order valence-electron chi connectivity index (χ1n) is 0.383. The second kappa shape index (κ2) is 9.57. The maximum Gasteiger partial charge on any atom is 0.151 e. The van der Waals surface area contributed by atoms with Crippen molar-refractivity contribution in [1.29, 1.82) is 0 Å². The Morgan fingerprint density at radius 1 is 1.75 bits per heavy atom. The van der Waals surface area contributed by atoms with E-state index in [2.05, 4.69) is 0 Å². The summed E-state index contributed by atoms with van der Waals surface area (Å²) in [6.45, 7) is 0. The molecule has 2 radical (unpaired) electrons. The molecule has 0 aromatic carbocycles. The largest absolute Gasteiger partial charge is 0.294 e. The molecule has 0 aliphatic heterocycles. The minimum atomic E-state index is 0.